The lowest BCUT2D eigenvalue weighted by Crippen LogP contribution is -2.24. The molecule has 0 radical (unpaired) electrons. The molecular formula is C16H16FNO2. The maximum absolute atomic E-state index is 14.1. The third kappa shape index (κ3) is 2.23. The minimum absolute atomic E-state index is 0.125. The summed E-state index contributed by atoms with van der Waals surface area (Å²) in [4.78, 5) is 0. The summed E-state index contributed by atoms with van der Waals surface area (Å²) in [7, 11) is 1.61. The van der Waals surface area contributed by atoms with Crippen LogP contribution in [-0.4, -0.2) is 19.8 Å². The van der Waals surface area contributed by atoms with E-state index in [-0.39, 0.29) is 11.9 Å². The zero-order valence-electron chi connectivity index (χ0n) is 11.2. The third-order valence-corrected chi connectivity index (χ3v) is 3.52. The minimum atomic E-state index is -0.337. The number of halogens is 1. The van der Waals surface area contributed by atoms with Crippen LogP contribution in [-0.2, 0) is 6.42 Å². The second-order valence-corrected chi connectivity index (χ2v) is 4.86. The van der Waals surface area contributed by atoms with E-state index in [2.05, 4.69) is 0 Å². The number of nitrogens with two attached hydrogens (primary N) is 1. The zero-order chi connectivity index (χ0) is 14.1. The Hall–Kier alpha value is -2.07. The van der Waals surface area contributed by atoms with Crippen molar-refractivity contribution in [2.75, 3.05) is 13.7 Å². The smallest absolute Gasteiger partial charge is 0.165 e. The van der Waals surface area contributed by atoms with E-state index < -0.39 is 0 Å². The van der Waals surface area contributed by atoms with E-state index in [1.165, 1.54) is 6.07 Å². The molecule has 20 heavy (non-hydrogen) atoms. The second kappa shape index (κ2) is 5.13. The summed E-state index contributed by atoms with van der Waals surface area (Å²) in [5.41, 5.74) is 8.20. The summed E-state index contributed by atoms with van der Waals surface area (Å²) in [5, 5.41) is 0. The Bertz CT molecular complexity index is 642. The van der Waals surface area contributed by atoms with Gasteiger partial charge < -0.3 is 15.2 Å². The van der Waals surface area contributed by atoms with Gasteiger partial charge in [-0.3, -0.25) is 0 Å². The molecule has 0 bridgehead atoms. The van der Waals surface area contributed by atoms with Crippen LogP contribution >= 0.6 is 0 Å². The van der Waals surface area contributed by atoms with Crippen molar-refractivity contribution in [3.63, 3.8) is 0 Å². The first-order valence-electron chi connectivity index (χ1n) is 6.55. The standard InChI is InChI=1S/C16H16FNO2/c1-19-13-4-2-3-10(6-13)11-5-12-7-14(9-18)20-16(12)15(17)8-11/h2-6,8,14H,7,9,18H2,1H3. The van der Waals surface area contributed by atoms with Crippen LogP contribution in [0, 0.1) is 5.82 Å². The van der Waals surface area contributed by atoms with Crippen LogP contribution in [0.3, 0.4) is 0 Å². The van der Waals surface area contributed by atoms with Gasteiger partial charge in [0.2, 0.25) is 0 Å². The van der Waals surface area contributed by atoms with Crippen LogP contribution in [0.25, 0.3) is 11.1 Å². The van der Waals surface area contributed by atoms with Gasteiger partial charge in [0, 0.05) is 18.5 Å². The summed E-state index contributed by atoms with van der Waals surface area (Å²) in [6.45, 7) is 0.391. The lowest BCUT2D eigenvalue weighted by atomic mass is 10.0. The highest BCUT2D eigenvalue weighted by Gasteiger charge is 2.25. The normalized spacial score (nSPS) is 16.6. The zero-order valence-corrected chi connectivity index (χ0v) is 11.2. The van der Waals surface area contributed by atoms with E-state index in [1.54, 1.807) is 7.11 Å². The molecule has 2 N–H and O–H groups in total. The van der Waals surface area contributed by atoms with Crippen LogP contribution in [0.5, 0.6) is 11.5 Å². The Morgan fingerprint density at radius 3 is 2.90 bits per heavy atom. The van der Waals surface area contributed by atoms with Crippen LogP contribution in [0.1, 0.15) is 5.56 Å². The average Bonchev–Trinajstić information content (AvgIpc) is 2.91. The van der Waals surface area contributed by atoms with Gasteiger partial charge in [0.1, 0.15) is 11.9 Å². The van der Waals surface area contributed by atoms with Gasteiger partial charge >= 0.3 is 0 Å². The first-order valence-corrected chi connectivity index (χ1v) is 6.55. The number of fused-ring (bicyclic) bond motifs is 1. The highest BCUT2D eigenvalue weighted by atomic mass is 19.1. The van der Waals surface area contributed by atoms with E-state index in [0.717, 1.165) is 22.4 Å². The molecule has 2 aromatic carbocycles. The maximum atomic E-state index is 14.1. The molecule has 0 fully saturated rings. The van der Waals surface area contributed by atoms with Gasteiger partial charge in [-0.1, -0.05) is 12.1 Å². The van der Waals surface area contributed by atoms with Crippen LogP contribution in [0.15, 0.2) is 36.4 Å². The fourth-order valence-electron chi connectivity index (χ4n) is 2.49. The Morgan fingerprint density at radius 1 is 1.30 bits per heavy atom. The first kappa shape index (κ1) is 12.9. The van der Waals surface area contributed by atoms with Gasteiger partial charge in [0.05, 0.1) is 7.11 Å². The van der Waals surface area contributed by atoms with Crippen molar-refractivity contribution in [1.29, 1.82) is 0 Å². The maximum Gasteiger partial charge on any atom is 0.165 e. The Labute approximate surface area is 117 Å². The lowest BCUT2D eigenvalue weighted by molar-refractivity contribution is 0.232. The highest BCUT2D eigenvalue weighted by molar-refractivity contribution is 5.68. The molecule has 1 heterocycles. The predicted octanol–water partition coefficient (Wildman–Crippen LogP) is 2.76. The topological polar surface area (TPSA) is 44.5 Å². The molecule has 0 aliphatic carbocycles. The van der Waals surface area contributed by atoms with E-state index in [9.17, 15) is 4.39 Å². The number of hydrogen-bond donors (Lipinski definition) is 1. The fraction of sp³-hybridized carbons (Fsp3) is 0.250. The molecule has 104 valence electrons. The molecule has 3 nitrogen and oxygen atoms in total. The molecule has 4 heteroatoms. The average molecular weight is 273 g/mol. The summed E-state index contributed by atoms with van der Waals surface area (Å²) in [6, 6.07) is 11.0. The molecule has 0 aromatic heterocycles. The van der Waals surface area contributed by atoms with E-state index in [1.807, 2.05) is 30.3 Å². The van der Waals surface area contributed by atoms with Gasteiger partial charge in [-0.05, 0) is 35.4 Å². The third-order valence-electron chi connectivity index (χ3n) is 3.52. The highest BCUT2D eigenvalue weighted by Crippen LogP contribution is 2.36. The summed E-state index contributed by atoms with van der Waals surface area (Å²) in [5.74, 6) is 0.753. The molecular weight excluding hydrogens is 257 g/mol. The monoisotopic (exact) mass is 273 g/mol. The Kier molecular flexibility index (Phi) is 3.32. The van der Waals surface area contributed by atoms with Crippen LogP contribution < -0.4 is 15.2 Å². The van der Waals surface area contributed by atoms with Crippen LogP contribution in [0.2, 0.25) is 0 Å². The molecule has 1 unspecified atom stereocenters. The van der Waals surface area contributed by atoms with E-state index in [4.69, 9.17) is 15.2 Å². The van der Waals surface area contributed by atoms with Gasteiger partial charge in [0.15, 0.2) is 11.6 Å². The molecule has 0 amide bonds. The van der Waals surface area contributed by atoms with Gasteiger partial charge in [-0.2, -0.15) is 0 Å². The molecule has 1 aliphatic heterocycles. The van der Waals surface area contributed by atoms with Crippen molar-refractivity contribution in [2.45, 2.75) is 12.5 Å². The molecule has 1 aliphatic rings. The molecule has 0 spiro atoms. The van der Waals surface area contributed by atoms with Crippen molar-refractivity contribution >= 4 is 0 Å². The van der Waals surface area contributed by atoms with Crippen molar-refractivity contribution in [3.8, 4) is 22.6 Å². The molecule has 1 atom stereocenters. The number of methoxy groups -OCH3 is 1. The molecule has 3 rings (SSSR count). The summed E-state index contributed by atoms with van der Waals surface area (Å²) in [6.07, 6.45) is 0.528. The summed E-state index contributed by atoms with van der Waals surface area (Å²) >= 11 is 0. The molecule has 0 saturated carbocycles. The van der Waals surface area contributed by atoms with Crippen molar-refractivity contribution in [3.05, 3.63) is 47.8 Å². The van der Waals surface area contributed by atoms with Crippen molar-refractivity contribution < 1.29 is 13.9 Å². The largest absolute Gasteiger partial charge is 0.497 e. The van der Waals surface area contributed by atoms with Gasteiger partial charge in [-0.15, -0.1) is 0 Å². The number of ether oxygens (including phenoxy) is 2. The van der Waals surface area contributed by atoms with E-state index >= 15 is 0 Å². The number of rotatable bonds is 3. The predicted molar refractivity (Wildman–Crippen MR) is 75.6 cm³/mol. The first-order chi connectivity index (χ1) is 9.71. The van der Waals surface area contributed by atoms with Crippen molar-refractivity contribution in [2.24, 2.45) is 5.73 Å². The lowest BCUT2D eigenvalue weighted by Gasteiger charge is -2.08. The van der Waals surface area contributed by atoms with Gasteiger partial charge in [-0.25, -0.2) is 4.39 Å². The van der Waals surface area contributed by atoms with E-state index in [0.29, 0.717) is 18.7 Å². The quantitative estimate of drug-likeness (QED) is 0.935. The van der Waals surface area contributed by atoms with Crippen molar-refractivity contribution in [1.82, 2.24) is 0 Å². The summed E-state index contributed by atoms with van der Waals surface area (Å²) < 4.78 is 24.8. The second-order valence-electron chi connectivity index (χ2n) is 4.86. The number of hydrogen-bond acceptors (Lipinski definition) is 3. The Morgan fingerprint density at radius 2 is 2.15 bits per heavy atom. The minimum Gasteiger partial charge on any atom is -0.497 e. The van der Waals surface area contributed by atoms with Crippen LogP contribution in [0.4, 0.5) is 4.39 Å². The fourth-order valence-corrected chi connectivity index (χ4v) is 2.49. The number of benzene rings is 2. The van der Waals surface area contributed by atoms with Gasteiger partial charge in [0.25, 0.3) is 0 Å². The molecule has 2 aromatic rings. The SMILES string of the molecule is COc1cccc(-c2cc(F)c3c(c2)CC(CN)O3)c1. The molecule has 0 saturated heterocycles. The Balaban J connectivity index is 2.02.